The summed E-state index contributed by atoms with van der Waals surface area (Å²) in [4.78, 5) is 0. The molecule has 114 valence electrons. The Kier molecular flexibility index (Phi) is 4.87. The fourth-order valence-corrected chi connectivity index (χ4v) is 2.71. The Morgan fingerprint density at radius 3 is 2.32 bits per heavy atom. The standard InChI is InChI=1S/C21H24O/c1-5-8-16-10-7-11-18(14-16)21(3,4)19-12-13-20(22)17(15-19)9-6-2/h5-7,10-15,22H,1-2,8-9H2,3-4H3. The van der Waals surface area contributed by atoms with Crippen molar-refractivity contribution >= 4 is 0 Å². The first kappa shape index (κ1) is 16.1. The van der Waals surface area contributed by atoms with Crippen LogP contribution < -0.4 is 0 Å². The molecule has 2 aromatic carbocycles. The van der Waals surface area contributed by atoms with Gasteiger partial charge in [-0.2, -0.15) is 0 Å². The van der Waals surface area contributed by atoms with Crippen molar-refractivity contribution in [1.29, 1.82) is 0 Å². The van der Waals surface area contributed by atoms with Gasteiger partial charge in [-0.05, 0) is 41.2 Å². The van der Waals surface area contributed by atoms with E-state index in [4.69, 9.17) is 0 Å². The van der Waals surface area contributed by atoms with E-state index in [-0.39, 0.29) is 5.41 Å². The molecule has 0 aliphatic heterocycles. The minimum absolute atomic E-state index is 0.124. The van der Waals surface area contributed by atoms with Gasteiger partial charge in [0.05, 0.1) is 0 Å². The molecule has 0 aliphatic carbocycles. The first-order valence-corrected chi connectivity index (χ1v) is 7.62. The Labute approximate surface area is 133 Å². The molecule has 0 saturated carbocycles. The maximum atomic E-state index is 9.96. The van der Waals surface area contributed by atoms with Crippen LogP contribution in [0.5, 0.6) is 5.75 Å². The van der Waals surface area contributed by atoms with Crippen LogP contribution in [0.15, 0.2) is 67.8 Å². The first-order chi connectivity index (χ1) is 10.5. The molecule has 0 atom stereocenters. The highest BCUT2D eigenvalue weighted by Gasteiger charge is 2.24. The predicted octanol–water partition coefficient (Wildman–Crippen LogP) is 5.18. The number of hydrogen-bond acceptors (Lipinski definition) is 1. The van der Waals surface area contributed by atoms with Crippen molar-refractivity contribution in [2.24, 2.45) is 0 Å². The van der Waals surface area contributed by atoms with Gasteiger partial charge >= 0.3 is 0 Å². The first-order valence-electron chi connectivity index (χ1n) is 7.62. The molecule has 0 aromatic heterocycles. The molecule has 2 rings (SSSR count). The lowest BCUT2D eigenvalue weighted by Gasteiger charge is -2.27. The predicted molar refractivity (Wildman–Crippen MR) is 94.5 cm³/mol. The van der Waals surface area contributed by atoms with Gasteiger partial charge in [0.1, 0.15) is 5.75 Å². The number of benzene rings is 2. The van der Waals surface area contributed by atoms with Crippen molar-refractivity contribution in [3.8, 4) is 5.75 Å². The van der Waals surface area contributed by atoms with Crippen molar-refractivity contribution in [2.45, 2.75) is 32.1 Å². The van der Waals surface area contributed by atoms with Crippen LogP contribution in [0.25, 0.3) is 0 Å². The van der Waals surface area contributed by atoms with Crippen LogP contribution in [0.3, 0.4) is 0 Å². The number of aromatic hydroxyl groups is 1. The summed E-state index contributed by atoms with van der Waals surface area (Å²) in [5.41, 5.74) is 4.52. The molecule has 0 saturated heterocycles. The fraction of sp³-hybridized carbons (Fsp3) is 0.238. The van der Waals surface area contributed by atoms with Crippen LogP contribution in [0, 0.1) is 0 Å². The Bertz CT molecular complexity index is 680. The molecule has 0 fully saturated rings. The van der Waals surface area contributed by atoms with Crippen molar-refractivity contribution in [2.75, 3.05) is 0 Å². The summed E-state index contributed by atoms with van der Waals surface area (Å²) in [5.74, 6) is 0.333. The van der Waals surface area contributed by atoms with Gasteiger partial charge < -0.3 is 5.11 Å². The van der Waals surface area contributed by atoms with E-state index in [1.54, 1.807) is 6.07 Å². The number of allylic oxidation sites excluding steroid dienone is 2. The summed E-state index contributed by atoms with van der Waals surface area (Å²) in [6, 6.07) is 14.5. The van der Waals surface area contributed by atoms with E-state index in [0.29, 0.717) is 12.2 Å². The van der Waals surface area contributed by atoms with Crippen LogP contribution in [0.2, 0.25) is 0 Å². The highest BCUT2D eigenvalue weighted by molar-refractivity contribution is 5.45. The molecule has 0 bridgehead atoms. The van der Waals surface area contributed by atoms with E-state index in [9.17, 15) is 5.11 Å². The molecule has 0 amide bonds. The van der Waals surface area contributed by atoms with Crippen molar-refractivity contribution < 1.29 is 5.11 Å². The fourth-order valence-electron chi connectivity index (χ4n) is 2.71. The summed E-state index contributed by atoms with van der Waals surface area (Å²) in [5, 5.41) is 9.96. The number of phenols is 1. The number of hydrogen-bond donors (Lipinski definition) is 1. The Hall–Kier alpha value is -2.28. The van der Waals surface area contributed by atoms with Crippen molar-refractivity contribution in [3.63, 3.8) is 0 Å². The third-order valence-electron chi connectivity index (χ3n) is 4.19. The summed E-state index contributed by atoms with van der Waals surface area (Å²) in [7, 11) is 0. The molecule has 2 aromatic rings. The third kappa shape index (κ3) is 3.30. The van der Waals surface area contributed by atoms with E-state index in [1.165, 1.54) is 16.7 Å². The molecule has 0 radical (unpaired) electrons. The van der Waals surface area contributed by atoms with Crippen LogP contribution in [0.1, 0.15) is 36.1 Å². The van der Waals surface area contributed by atoms with Gasteiger partial charge in [0.2, 0.25) is 0 Å². The van der Waals surface area contributed by atoms with Crippen molar-refractivity contribution in [1.82, 2.24) is 0 Å². The zero-order chi connectivity index (χ0) is 16.2. The van der Waals surface area contributed by atoms with Gasteiger partial charge in [0, 0.05) is 5.41 Å². The lowest BCUT2D eigenvalue weighted by atomic mass is 9.77. The monoisotopic (exact) mass is 292 g/mol. The van der Waals surface area contributed by atoms with Gasteiger partial charge in [0.15, 0.2) is 0 Å². The quantitative estimate of drug-likeness (QED) is 0.728. The molecule has 22 heavy (non-hydrogen) atoms. The smallest absolute Gasteiger partial charge is 0.119 e. The van der Waals surface area contributed by atoms with Gasteiger partial charge in [-0.15, -0.1) is 13.2 Å². The van der Waals surface area contributed by atoms with Gasteiger partial charge in [-0.1, -0.05) is 62.4 Å². The van der Waals surface area contributed by atoms with E-state index < -0.39 is 0 Å². The molecule has 0 heterocycles. The van der Waals surface area contributed by atoms with Crippen LogP contribution >= 0.6 is 0 Å². The van der Waals surface area contributed by atoms with E-state index in [1.807, 2.05) is 18.2 Å². The topological polar surface area (TPSA) is 20.2 Å². The molecular weight excluding hydrogens is 268 g/mol. The van der Waals surface area contributed by atoms with Gasteiger partial charge in [-0.25, -0.2) is 0 Å². The largest absolute Gasteiger partial charge is 0.508 e. The minimum Gasteiger partial charge on any atom is -0.508 e. The zero-order valence-electron chi connectivity index (χ0n) is 13.5. The van der Waals surface area contributed by atoms with Gasteiger partial charge in [-0.3, -0.25) is 0 Å². The summed E-state index contributed by atoms with van der Waals surface area (Å²) in [6.07, 6.45) is 5.29. The molecule has 1 N–H and O–H groups in total. The molecular formula is C21H24O. The summed E-state index contributed by atoms with van der Waals surface area (Å²) < 4.78 is 0. The molecule has 0 spiro atoms. The average Bonchev–Trinajstić information content (AvgIpc) is 2.50. The highest BCUT2D eigenvalue weighted by Crippen LogP contribution is 2.34. The number of phenolic OH excluding ortho intramolecular Hbond substituents is 1. The van der Waals surface area contributed by atoms with Crippen molar-refractivity contribution in [3.05, 3.63) is 90.0 Å². The maximum Gasteiger partial charge on any atom is 0.119 e. The Morgan fingerprint density at radius 1 is 0.955 bits per heavy atom. The molecule has 1 nitrogen and oxygen atoms in total. The Balaban J connectivity index is 2.45. The van der Waals surface area contributed by atoms with Gasteiger partial charge in [0.25, 0.3) is 0 Å². The number of rotatable bonds is 6. The molecule has 0 unspecified atom stereocenters. The summed E-state index contributed by atoms with van der Waals surface area (Å²) >= 11 is 0. The molecule has 1 heteroatoms. The summed E-state index contributed by atoms with van der Waals surface area (Å²) in [6.45, 7) is 12.0. The Morgan fingerprint density at radius 2 is 1.64 bits per heavy atom. The van der Waals surface area contributed by atoms with E-state index in [0.717, 1.165) is 12.0 Å². The van der Waals surface area contributed by atoms with Crippen LogP contribution in [-0.2, 0) is 18.3 Å². The second-order valence-electron chi connectivity index (χ2n) is 6.15. The second kappa shape index (κ2) is 6.65. The van der Waals surface area contributed by atoms with Crippen LogP contribution in [0.4, 0.5) is 0 Å². The molecule has 0 aliphatic rings. The second-order valence-corrected chi connectivity index (χ2v) is 6.15. The maximum absolute atomic E-state index is 9.96. The zero-order valence-corrected chi connectivity index (χ0v) is 13.5. The lowest BCUT2D eigenvalue weighted by molar-refractivity contribution is 0.468. The highest BCUT2D eigenvalue weighted by atomic mass is 16.3. The lowest BCUT2D eigenvalue weighted by Crippen LogP contribution is -2.19. The SMILES string of the molecule is C=CCc1cccc(C(C)(C)c2ccc(O)c(CC=C)c2)c1. The van der Waals surface area contributed by atoms with E-state index in [2.05, 4.69) is 57.3 Å². The van der Waals surface area contributed by atoms with E-state index >= 15 is 0 Å². The third-order valence-corrected chi connectivity index (χ3v) is 4.19. The van der Waals surface area contributed by atoms with Crippen LogP contribution in [-0.4, -0.2) is 5.11 Å². The average molecular weight is 292 g/mol. The minimum atomic E-state index is -0.124. The normalized spacial score (nSPS) is 11.2.